The minimum atomic E-state index is -0.992. The molecule has 0 saturated carbocycles. The van der Waals surface area contributed by atoms with E-state index in [0.29, 0.717) is 29.4 Å². The van der Waals surface area contributed by atoms with Gasteiger partial charge in [-0.2, -0.15) is 0 Å². The SMILES string of the molecule is CCOc1cc(C2/C(=C(/O)c3ccc(OC)c(OC)c3)C(=O)C(=O)N2c2ccc(N(C)C)cc2)ccc1O. The molecule has 1 fully saturated rings. The number of aliphatic hydroxyl groups is 1. The number of methoxy groups -OCH3 is 2. The maximum atomic E-state index is 13.5. The summed E-state index contributed by atoms with van der Waals surface area (Å²) in [6.07, 6.45) is 0. The molecule has 0 aromatic heterocycles. The third kappa shape index (κ3) is 4.70. The number of ketones is 1. The summed E-state index contributed by atoms with van der Waals surface area (Å²) in [7, 11) is 6.75. The molecule has 1 aliphatic heterocycles. The molecule has 1 atom stereocenters. The van der Waals surface area contributed by atoms with Crippen molar-refractivity contribution in [2.24, 2.45) is 0 Å². The molecule has 3 aromatic carbocycles. The highest BCUT2D eigenvalue weighted by Gasteiger charge is 2.47. The number of nitrogens with zero attached hydrogens (tertiary/aromatic N) is 2. The zero-order valence-electron chi connectivity index (χ0n) is 21.9. The minimum absolute atomic E-state index is 0.0808. The second kappa shape index (κ2) is 10.8. The smallest absolute Gasteiger partial charge is 0.300 e. The molecule has 3 aromatic rings. The summed E-state index contributed by atoms with van der Waals surface area (Å²) in [6, 6.07) is 15.5. The fourth-order valence-electron chi connectivity index (χ4n) is 4.44. The number of Topliss-reactive ketones (excluding diaryl/α,β-unsaturated/α-hetero) is 1. The van der Waals surface area contributed by atoms with Crippen molar-refractivity contribution in [2.45, 2.75) is 13.0 Å². The first-order valence-corrected chi connectivity index (χ1v) is 12.0. The molecule has 1 saturated heterocycles. The van der Waals surface area contributed by atoms with Gasteiger partial charge < -0.3 is 29.3 Å². The molecular weight excluding hydrogens is 488 g/mol. The summed E-state index contributed by atoms with van der Waals surface area (Å²) in [5.41, 5.74) is 2.03. The standard InChI is InChI=1S/C29H30N2O7/c1-6-38-23-15-17(7-13-21(23)32)26-25(27(33)18-8-14-22(36-4)24(16-18)37-5)28(34)29(35)31(26)20-11-9-19(10-12-20)30(2)3/h7-16,26,32-33H,6H2,1-5H3/b27-25-. The highest BCUT2D eigenvalue weighted by molar-refractivity contribution is 6.51. The molecule has 0 spiro atoms. The normalized spacial score (nSPS) is 16.4. The third-order valence-electron chi connectivity index (χ3n) is 6.35. The minimum Gasteiger partial charge on any atom is -0.507 e. The number of ether oxygens (including phenoxy) is 3. The Labute approximate surface area is 221 Å². The fraction of sp³-hybridized carbons (Fsp3) is 0.241. The number of benzene rings is 3. The Balaban J connectivity index is 1.94. The lowest BCUT2D eigenvalue weighted by atomic mass is 9.94. The van der Waals surface area contributed by atoms with Crippen molar-refractivity contribution >= 4 is 28.8 Å². The molecule has 1 aliphatic rings. The maximum absolute atomic E-state index is 13.5. The van der Waals surface area contributed by atoms with E-state index >= 15 is 0 Å². The Morgan fingerprint density at radius 3 is 2.21 bits per heavy atom. The Bertz CT molecular complexity index is 1400. The fourth-order valence-corrected chi connectivity index (χ4v) is 4.44. The van der Waals surface area contributed by atoms with E-state index in [-0.39, 0.29) is 28.4 Å². The molecule has 9 nitrogen and oxygen atoms in total. The van der Waals surface area contributed by atoms with Crippen molar-refractivity contribution in [3.63, 3.8) is 0 Å². The van der Waals surface area contributed by atoms with Gasteiger partial charge in [0.1, 0.15) is 5.76 Å². The van der Waals surface area contributed by atoms with Crippen molar-refractivity contribution in [2.75, 3.05) is 44.7 Å². The number of carbonyl (C=O) groups is 2. The van der Waals surface area contributed by atoms with Crippen LogP contribution in [0.2, 0.25) is 0 Å². The molecule has 38 heavy (non-hydrogen) atoms. The number of hydrogen-bond acceptors (Lipinski definition) is 8. The van der Waals surface area contributed by atoms with Gasteiger partial charge in [0, 0.05) is 31.0 Å². The predicted octanol–water partition coefficient (Wildman–Crippen LogP) is 4.50. The molecule has 1 unspecified atom stereocenters. The molecule has 0 bridgehead atoms. The van der Waals surface area contributed by atoms with E-state index in [1.807, 2.05) is 31.1 Å². The number of phenols is 1. The van der Waals surface area contributed by atoms with Gasteiger partial charge in [0.05, 0.1) is 32.4 Å². The number of aromatic hydroxyl groups is 1. The zero-order chi connectivity index (χ0) is 27.6. The number of amides is 1. The Hall–Kier alpha value is -4.66. The molecule has 198 valence electrons. The van der Waals surface area contributed by atoms with Crippen LogP contribution in [0, 0.1) is 0 Å². The van der Waals surface area contributed by atoms with E-state index in [1.54, 1.807) is 43.3 Å². The van der Waals surface area contributed by atoms with Crippen LogP contribution in [-0.4, -0.2) is 56.8 Å². The van der Waals surface area contributed by atoms with Crippen LogP contribution in [0.1, 0.15) is 24.1 Å². The van der Waals surface area contributed by atoms with Crippen molar-refractivity contribution in [1.29, 1.82) is 0 Å². The van der Waals surface area contributed by atoms with Gasteiger partial charge in [0.25, 0.3) is 11.7 Å². The summed E-state index contributed by atoms with van der Waals surface area (Å²) in [6.45, 7) is 2.08. The molecule has 2 N–H and O–H groups in total. The molecule has 9 heteroatoms. The first-order valence-electron chi connectivity index (χ1n) is 12.0. The summed E-state index contributed by atoms with van der Waals surface area (Å²) in [5, 5.41) is 21.7. The van der Waals surface area contributed by atoms with Gasteiger partial charge in [-0.05, 0) is 67.1 Å². The quantitative estimate of drug-likeness (QED) is 0.255. The van der Waals surface area contributed by atoms with Gasteiger partial charge in [-0.25, -0.2) is 0 Å². The Morgan fingerprint density at radius 2 is 1.61 bits per heavy atom. The number of rotatable bonds is 8. The zero-order valence-corrected chi connectivity index (χ0v) is 21.9. The van der Waals surface area contributed by atoms with Gasteiger partial charge in [0.2, 0.25) is 0 Å². The van der Waals surface area contributed by atoms with Gasteiger partial charge in [-0.3, -0.25) is 14.5 Å². The third-order valence-corrected chi connectivity index (χ3v) is 6.35. The van der Waals surface area contributed by atoms with E-state index in [4.69, 9.17) is 14.2 Å². The molecule has 0 radical (unpaired) electrons. The lowest BCUT2D eigenvalue weighted by molar-refractivity contribution is -0.132. The second-order valence-corrected chi connectivity index (χ2v) is 8.81. The number of hydrogen-bond donors (Lipinski definition) is 2. The van der Waals surface area contributed by atoms with E-state index in [0.717, 1.165) is 5.69 Å². The van der Waals surface area contributed by atoms with E-state index in [1.165, 1.54) is 31.3 Å². The lowest BCUT2D eigenvalue weighted by Gasteiger charge is -2.26. The highest BCUT2D eigenvalue weighted by atomic mass is 16.5. The summed E-state index contributed by atoms with van der Waals surface area (Å²) in [5.74, 6) is -1.09. The molecule has 0 aliphatic carbocycles. The number of phenolic OH excluding ortho intramolecular Hbond substituents is 1. The summed E-state index contributed by atoms with van der Waals surface area (Å²) < 4.78 is 16.2. The Kier molecular flexibility index (Phi) is 7.47. The van der Waals surface area contributed by atoms with Gasteiger partial charge in [-0.1, -0.05) is 6.07 Å². The van der Waals surface area contributed by atoms with E-state index < -0.39 is 17.7 Å². The van der Waals surface area contributed by atoms with Crippen molar-refractivity contribution in [1.82, 2.24) is 0 Å². The van der Waals surface area contributed by atoms with Crippen molar-refractivity contribution < 1.29 is 34.0 Å². The van der Waals surface area contributed by atoms with Crippen LogP contribution < -0.4 is 24.0 Å². The van der Waals surface area contributed by atoms with Crippen molar-refractivity contribution in [3.05, 3.63) is 77.4 Å². The molecular formula is C29H30N2O7. The van der Waals surface area contributed by atoms with Crippen LogP contribution in [0.3, 0.4) is 0 Å². The average molecular weight is 519 g/mol. The number of carbonyl (C=O) groups excluding carboxylic acids is 2. The van der Waals surface area contributed by atoms with Crippen LogP contribution in [0.15, 0.2) is 66.2 Å². The van der Waals surface area contributed by atoms with Gasteiger partial charge >= 0.3 is 0 Å². The number of aliphatic hydroxyl groups excluding tert-OH is 1. The van der Waals surface area contributed by atoms with Crippen LogP contribution in [0.25, 0.3) is 5.76 Å². The van der Waals surface area contributed by atoms with E-state index in [9.17, 15) is 19.8 Å². The van der Waals surface area contributed by atoms with Gasteiger partial charge in [-0.15, -0.1) is 0 Å². The van der Waals surface area contributed by atoms with Crippen LogP contribution in [-0.2, 0) is 9.59 Å². The second-order valence-electron chi connectivity index (χ2n) is 8.81. The first kappa shape index (κ1) is 26.4. The molecule has 4 rings (SSSR count). The predicted molar refractivity (Wildman–Crippen MR) is 144 cm³/mol. The van der Waals surface area contributed by atoms with Crippen LogP contribution in [0.5, 0.6) is 23.0 Å². The van der Waals surface area contributed by atoms with E-state index in [2.05, 4.69) is 0 Å². The lowest BCUT2D eigenvalue weighted by Crippen LogP contribution is -2.29. The monoisotopic (exact) mass is 518 g/mol. The summed E-state index contributed by atoms with van der Waals surface area (Å²) in [4.78, 5) is 30.2. The Morgan fingerprint density at radius 1 is 0.921 bits per heavy atom. The van der Waals surface area contributed by atoms with Crippen LogP contribution >= 0.6 is 0 Å². The summed E-state index contributed by atoms with van der Waals surface area (Å²) >= 11 is 0. The largest absolute Gasteiger partial charge is 0.507 e. The topological polar surface area (TPSA) is 109 Å². The number of anilines is 2. The molecule has 1 heterocycles. The first-order chi connectivity index (χ1) is 18.2. The highest BCUT2D eigenvalue weighted by Crippen LogP contribution is 2.44. The average Bonchev–Trinajstić information content (AvgIpc) is 3.19. The van der Waals surface area contributed by atoms with Crippen molar-refractivity contribution in [3.8, 4) is 23.0 Å². The van der Waals surface area contributed by atoms with Crippen LogP contribution in [0.4, 0.5) is 11.4 Å². The van der Waals surface area contributed by atoms with Gasteiger partial charge in [0.15, 0.2) is 23.0 Å². The maximum Gasteiger partial charge on any atom is 0.300 e. The molecule has 1 amide bonds.